The van der Waals surface area contributed by atoms with Gasteiger partial charge in [-0.2, -0.15) is 0 Å². The summed E-state index contributed by atoms with van der Waals surface area (Å²) in [7, 11) is 1.38. The quantitative estimate of drug-likeness (QED) is 0.770. The third kappa shape index (κ3) is 5.32. The van der Waals surface area contributed by atoms with Gasteiger partial charge in [-0.25, -0.2) is 0 Å². The maximum absolute atomic E-state index is 11.9. The number of amides is 1. The molecule has 1 aliphatic carbocycles. The number of nitrogens with zero attached hydrogens (tertiary/aromatic N) is 1. The fraction of sp³-hybridized carbons (Fsp3) is 0.588. The SMILES string of the molecule is COC(=O)C1CCC(O)(CNC(=O)CCc2cccnc2)CC1. The van der Waals surface area contributed by atoms with E-state index in [9.17, 15) is 14.7 Å². The predicted octanol–water partition coefficient (Wildman–Crippen LogP) is 1.22. The molecule has 1 fully saturated rings. The number of methoxy groups -OCH3 is 1. The first-order valence-electron chi connectivity index (χ1n) is 7.98. The number of carbonyl (C=O) groups is 2. The molecule has 0 radical (unpaired) electrons. The van der Waals surface area contributed by atoms with Crippen LogP contribution in [0.25, 0.3) is 0 Å². The van der Waals surface area contributed by atoms with Crippen molar-refractivity contribution in [3.05, 3.63) is 30.1 Å². The van der Waals surface area contributed by atoms with Gasteiger partial charge in [0.25, 0.3) is 0 Å². The fourth-order valence-electron chi connectivity index (χ4n) is 2.89. The number of carbonyl (C=O) groups excluding carboxylic acids is 2. The molecule has 6 nitrogen and oxygen atoms in total. The highest BCUT2D eigenvalue weighted by Crippen LogP contribution is 2.32. The molecule has 23 heavy (non-hydrogen) atoms. The van der Waals surface area contributed by atoms with Crippen molar-refractivity contribution in [2.75, 3.05) is 13.7 Å². The number of esters is 1. The van der Waals surface area contributed by atoms with Gasteiger partial charge in [0.15, 0.2) is 0 Å². The molecule has 0 aliphatic heterocycles. The van der Waals surface area contributed by atoms with Crippen molar-refractivity contribution in [3.63, 3.8) is 0 Å². The summed E-state index contributed by atoms with van der Waals surface area (Å²) >= 11 is 0. The van der Waals surface area contributed by atoms with E-state index >= 15 is 0 Å². The van der Waals surface area contributed by atoms with Crippen molar-refractivity contribution in [2.45, 2.75) is 44.1 Å². The van der Waals surface area contributed by atoms with E-state index in [1.807, 2.05) is 12.1 Å². The van der Waals surface area contributed by atoms with Crippen LogP contribution in [0.1, 0.15) is 37.7 Å². The molecule has 0 spiro atoms. The standard InChI is InChI=1S/C17H24N2O4/c1-23-16(21)14-6-8-17(22,9-7-14)12-19-15(20)5-4-13-3-2-10-18-11-13/h2-3,10-11,14,22H,4-9,12H2,1H3,(H,19,20). The van der Waals surface area contributed by atoms with Crippen molar-refractivity contribution in [1.29, 1.82) is 0 Å². The lowest BCUT2D eigenvalue weighted by Gasteiger charge is -2.35. The molecule has 1 amide bonds. The summed E-state index contributed by atoms with van der Waals surface area (Å²) in [5, 5.41) is 13.3. The van der Waals surface area contributed by atoms with Gasteiger partial charge in [0.1, 0.15) is 0 Å². The third-order valence-electron chi connectivity index (χ3n) is 4.43. The predicted molar refractivity (Wildman–Crippen MR) is 84.5 cm³/mol. The minimum absolute atomic E-state index is 0.0858. The van der Waals surface area contributed by atoms with E-state index in [1.54, 1.807) is 12.4 Å². The van der Waals surface area contributed by atoms with Gasteiger partial charge >= 0.3 is 5.97 Å². The van der Waals surface area contributed by atoms with Gasteiger partial charge in [0, 0.05) is 25.4 Å². The lowest BCUT2D eigenvalue weighted by Crippen LogP contribution is -2.46. The van der Waals surface area contributed by atoms with Crippen LogP contribution in [0.5, 0.6) is 0 Å². The molecule has 0 atom stereocenters. The van der Waals surface area contributed by atoms with Crippen molar-refractivity contribution in [2.24, 2.45) is 5.92 Å². The Morgan fingerprint density at radius 3 is 2.78 bits per heavy atom. The molecule has 2 rings (SSSR count). The van der Waals surface area contributed by atoms with E-state index < -0.39 is 5.60 Å². The van der Waals surface area contributed by atoms with Crippen LogP contribution < -0.4 is 5.32 Å². The van der Waals surface area contributed by atoms with Gasteiger partial charge < -0.3 is 15.2 Å². The molecule has 0 unspecified atom stereocenters. The maximum Gasteiger partial charge on any atom is 0.308 e. The Bertz CT molecular complexity index is 525. The minimum Gasteiger partial charge on any atom is -0.469 e. The van der Waals surface area contributed by atoms with Crippen LogP contribution in [0.4, 0.5) is 0 Å². The van der Waals surface area contributed by atoms with Crippen LogP contribution in [0, 0.1) is 5.92 Å². The number of aliphatic hydroxyl groups is 1. The fourth-order valence-corrected chi connectivity index (χ4v) is 2.89. The van der Waals surface area contributed by atoms with Gasteiger partial charge in [-0.15, -0.1) is 0 Å². The van der Waals surface area contributed by atoms with Crippen LogP contribution in [0.15, 0.2) is 24.5 Å². The Labute approximate surface area is 136 Å². The maximum atomic E-state index is 11.9. The molecule has 6 heteroatoms. The Balaban J connectivity index is 1.71. The third-order valence-corrected chi connectivity index (χ3v) is 4.43. The van der Waals surface area contributed by atoms with Crippen LogP contribution in [-0.2, 0) is 20.7 Å². The number of aryl methyl sites for hydroxylation is 1. The normalized spacial score (nSPS) is 24.0. The summed E-state index contributed by atoms with van der Waals surface area (Å²) < 4.78 is 4.73. The molecule has 0 saturated heterocycles. The summed E-state index contributed by atoms with van der Waals surface area (Å²) in [4.78, 5) is 27.4. The van der Waals surface area contributed by atoms with Crippen LogP contribution in [0.3, 0.4) is 0 Å². The summed E-state index contributed by atoms with van der Waals surface area (Å²) in [6.07, 6.45) is 6.61. The number of ether oxygens (including phenoxy) is 1. The molecule has 1 heterocycles. The molecule has 1 aromatic rings. The highest BCUT2D eigenvalue weighted by molar-refractivity contribution is 5.76. The number of aromatic nitrogens is 1. The molecule has 0 aromatic carbocycles. The second-order valence-corrected chi connectivity index (χ2v) is 6.16. The van der Waals surface area contributed by atoms with Gasteiger partial charge in [0.2, 0.25) is 5.91 Å². The van der Waals surface area contributed by atoms with Gasteiger partial charge in [-0.3, -0.25) is 14.6 Å². The van der Waals surface area contributed by atoms with E-state index in [2.05, 4.69) is 10.3 Å². The van der Waals surface area contributed by atoms with Crippen molar-refractivity contribution < 1.29 is 19.4 Å². The average molecular weight is 320 g/mol. The lowest BCUT2D eigenvalue weighted by atomic mass is 9.79. The lowest BCUT2D eigenvalue weighted by molar-refractivity contribution is -0.148. The topological polar surface area (TPSA) is 88.5 Å². The van der Waals surface area contributed by atoms with Gasteiger partial charge in [-0.1, -0.05) is 6.07 Å². The van der Waals surface area contributed by atoms with E-state index in [1.165, 1.54) is 7.11 Å². The van der Waals surface area contributed by atoms with Gasteiger partial charge in [-0.05, 0) is 43.7 Å². The largest absolute Gasteiger partial charge is 0.469 e. The molecule has 1 aromatic heterocycles. The van der Waals surface area contributed by atoms with E-state index in [4.69, 9.17) is 4.74 Å². The molecule has 126 valence electrons. The highest BCUT2D eigenvalue weighted by atomic mass is 16.5. The van der Waals surface area contributed by atoms with Crippen LogP contribution in [0.2, 0.25) is 0 Å². The Kier molecular flexibility index (Phi) is 6.10. The first-order chi connectivity index (χ1) is 11.0. The van der Waals surface area contributed by atoms with Crippen LogP contribution >= 0.6 is 0 Å². The number of pyridine rings is 1. The number of nitrogens with one attached hydrogen (secondary N) is 1. The first kappa shape index (κ1) is 17.4. The second-order valence-electron chi connectivity index (χ2n) is 6.16. The van der Waals surface area contributed by atoms with Crippen molar-refractivity contribution in [3.8, 4) is 0 Å². The monoisotopic (exact) mass is 320 g/mol. The Morgan fingerprint density at radius 1 is 1.43 bits per heavy atom. The average Bonchev–Trinajstić information content (AvgIpc) is 2.59. The molecule has 1 saturated carbocycles. The van der Waals surface area contributed by atoms with Crippen LogP contribution in [-0.4, -0.2) is 41.2 Å². The highest BCUT2D eigenvalue weighted by Gasteiger charge is 2.36. The first-order valence-corrected chi connectivity index (χ1v) is 7.98. The molecule has 1 aliphatic rings. The molecule has 2 N–H and O–H groups in total. The summed E-state index contributed by atoms with van der Waals surface area (Å²) in [5.74, 6) is -0.438. The van der Waals surface area contributed by atoms with E-state index in [-0.39, 0.29) is 24.3 Å². The van der Waals surface area contributed by atoms with E-state index in [0.717, 1.165) is 5.56 Å². The van der Waals surface area contributed by atoms with Gasteiger partial charge in [0.05, 0.1) is 18.6 Å². The summed E-state index contributed by atoms with van der Waals surface area (Å²) in [5.41, 5.74) is 0.0917. The zero-order valence-corrected chi connectivity index (χ0v) is 13.5. The smallest absolute Gasteiger partial charge is 0.308 e. The van der Waals surface area contributed by atoms with Crippen molar-refractivity contribution >= 4 is 11.9 Å². The molecule has 0 bridgehead atoms. The zero-order chi connectivity index (χ0) is 16.7. The van der Waals surface area contributed by atoms with Crippen molar-refractivity contribution in [1.82, 2.24) is 10.3 Å². The number of hydrogen-bond donors (Lipinski definition) is 2. The second kappa shape index (κ2) is 8.06. The number of rotatable bonds is 6. The van der Waals surface area contributed by atoms with E-state index in [0.29, 0.717) is 38.5 Å². The Hall–Kier alpha value is -1.95. The zero-order valence-electron chi connectivity index (χ0n) is 13.5. The molecular formula is C17H24N2O4. The number of hydrogen-bond acceptors (Lipinski definition) is 5. The Morgan fingerprint density at radius 2 is 2.17 bits per heavy atom. The summed E-state index contributed by atoms with van der Waals surface area (Å²) in [6, 6.07) is 3.78. The summed E-state index contributed by atoms with van der Waals surface area (Å²) in [6.45, 7) is 0.229. The minimum atomic E-state index is -0.922. The molecular weight excluding hydrogens is 296 g/mol.